The second-order valence-electron chi connectivity index (χ2n) is 4.52. The Bertz CT molecular complexity index is 817. The van der Waals surface area contributed by atoms with Crippen molar-refractivity contribution < 1.29 is 26.3 Å². The number of alkyl halides is 6. The van der Waals surface area contributed by atoms with Gasteiger partial charge in [0.15, 0.2) is 0 Å². The smallest absolute Gasteiger partial charge is 0.255 e. The van der Waals surface area contributed by atoms with E-state index in [0.29, 0.717) is 6.20 Å². The van der Waals surface area contributed by atoms with Crippen molar-refractivity contribution in [3.8, 4) is 11.3 Å². The highest BCUT2D eigenvalue weighted by Crippen LogP contribution is 2.51. The third-order valence-corrected chi connectivity index (χ3v) is 5.26. The molecule has 0 unspecified atom stereocenters. The highest BCUT2D eigenvalue weighted by molar-refractivity contribution is 6.56. The van der Waals surface area contributed by atoms with Crippen LogP contribution in [0.4, 0.5) is 26.3 Å². The van der Waals surface area contributed by atoms with E-state index in [2.05, 4.69) is 4.98 Å². The maximum atomic E-state index is 13.4. The SMILES string of the molecule is FC(F)(F)c1ccnc(-c2c(Cl)c(Cl)c(Cl)c(Cl)c2Cl)c1C(F)(F)F. The van der Waals surface area contributed by atoms with Gasteiger partial charge in [0.05, 0.1) is 41.9 Å². The molecule has 25 heavy (non-hydrogen) atoms. The van der Waals surface area contributed by atoms with E-state index in [1.165, 1.54) is 0 Å². The van der Waals surface area contributed by atoms with Crippen LogP contribution in [0.3, 0.4) is 0 Å². The van der Waals surface area contributed by atoms with E-state index in [4.69, 9.17) is 58.0 Å². The number of hydrogen-bond donors (Lipinski definition) is 0. The van der Waals surface area contributed by atoms with Gasteiger partial charge >= 0.3 is 12.4 Å². The maximum Gasteiger partial charge on any atom is 0.419 e. The lowest BCUT2D eigenvalue weighted by molar-refractivity contribution is -0.161. The highest BCUT2D eigenvalue weighted by atomic mass is 35.5. The molecule has 0 saturated heterocycles. The third kappa shape index (κ3) is 3.76. The predicted molar refractivity (Wildman–Crippen MR) is 84.7 cm³/mol. The van der Waals surface area contributed by atoms with Gasteiger partial charge in [0.25, 0.3) is 0 Å². The Hall–Kier alpha value is -0.600. The van der Waals surface area contributed by atoms with Crippen LogP contribution in [-0.4, -0.2) is 4.98 Å². The molecule has 0 N–H and O–H groups in total. The zero-order valence-electron chi connectivity index (χ0n) is 11.3. The van der Waals surface area contributed by atoms with Gasteiger partial charge in [-0.05, 0) is 6.07 Å². The topological polar surface area (TPSA) is 12.9 Å². The van der Waals surface area contributed by atoms with E-state index in [1.807, 2.05) is 0 Å². The minimum absolute atomic E-state index is 0.188. The predicted octanol–water partition coefficient (Wildman–Crippen LogP) is 8.05. The fourth-order valence-corrected chi connectivity index (χ4v) is 3.30. The quantitative estimate of drug-likeness (QED) is 0.237. The van der Waals surface area contributed by atoms with Crippen molar-refractivity contribution in [3.63, 3.8) is 0 Å². The monoisotopic (exact) mass is 461 g/mol. The molecule has 0 aliphatic heterocycles. The number of hydrogen-bond acceptors (Lipinski definition) is 1. The first kappa shape index (κ1) is 20.7. The van der Waals surface area contributed by atoms with Gasteiger partial charge in [-0.15, -0.1) is 0 Å². The van der Waals surface area contributed by atoms with Crippen LogP contribution in [0.5, 0.6) is 0 Å². The minimum Gasteiger partial charge on any atom is -0.255 e. The maximum absolute atomic E-state index is 13.4. The molecule has 2 rings (SSSR count). The fourth-order valence-electron chi connectivity index (χ4n) is 1.99. The first-order valence-corrected chi connectivity index (χ1v) is 7.82. The van der Waals surface area contributed by atoms with E-state index in [-0.39, 0.29) is 11.1 Å². The number of benzene rings is 1. The third-order valence-electron chi connectivity index (χ3n) is 2.99. The first-order chi connectivity index (χ1) is 11.3. The van der Waals surface area contributed by atoms with Gasteiger partial charge < -0.3 is 0 Å². The number of pyridine rings is 1. The average Bonchev–Trinajstić information content (AvgIpc) is 2.49. The van der Waals surface area contributed by atoms with E-state index in [1.54, 1.807) is 0 Å². The van der Waals surface area contributed by atoms with Gasteiger partial charge in [-0.25, -0.2) is 0 Å². The Morgan fingerprint density at radius 1 is 0.680 bits per heavy atom. The lowest BCUT2D eigenvalue weighted by Gasteiger charge is -2.20. The van der Waals surface area contributed by atoms with Crippen LogP contribution in [0, 0.1) is 0 Å². The fraction of sp³-hybridized carbons (Fsp3) is 0.154. The van der Waals surface area contributed by atoms with Crippen LogP contribution in [0.1, 0.15) is 11.1 Å². The van der Waals surface area contributed by atoms with Gasteiger partial charge in [0, 0.05) is 11.8 Å². The summed E-state index contributed by atoms with van der Waals surface area (Å²) >= 11 is 29.0. The van der Waals surface area contributed by atoms with Crippen molar-refractivity contribution in [3.05, 3.63) is 48.5 Å². The summed E-state index contributed by atoms with van der Waals surface area (Å²) in [5.41, 5.74) is -5.90. The molecule has 0 radical (unpaired) electrons. The molecule has 0 saturated carbocycles. The van der Waals surface area contributed by atoms with Crippen molar-refractivity contribution in [1.82, 2.24) is 4.98 Å². The van der Waals surface area contributed by atoms with Crippen LogP contribution >= 0.6 is 58.0 Å². The molecule has 12 heteroatoms. The normalized spacial score (nSPS) is 12.6. The summed E-state index contributed by atoms with van der Waals surface area (Å²) in [4.78, 5) is 3.37. The van der Waals surface area contributed by atoms with E-state index >= 15 is 0 Å². The zero-order chi connectivity index (χ0) is 19.3. The molecule has 0 atom stereocenters. The van der Waals surface area contributed by atoms with Gasteiger partial charge in [-0.1, -0.05) is 58.0 Å². The van der Waals surface area contributed by atoms with Gasteiger partial charge in [-0.2, -0.15) is 26.3 Å². The summed E-state index contributed by atoms with van der Waals surface area (Å²) < 4.78 is 79.1. The summed E-state index contributed by atoms with van der Waals surface area (Å²) in [5, 5.41) is -2.53. The van der Waals surface area contributed by atoms with Crippen LogP contribution in [0.2, 0.25) is 25.1 Å². The molecule has 0 aliphatic rings. The van der Waals surface area contributed by atoms with Crippen LogP contribution < -0.4 is 0 Å². The van der Waals surface area contributed by atoms with Gasteiger partial charge in [0.1, 0.15) is 0 Å². The molecular weight excluding hydrogens is 461 g/mol. The molecule has 0 amide bonds. The first-order valence-electron chi connectivity index (χ1n) is 5.93. The summed E-state index contributed by atoms with van der Waals surface area (Å²) in [6.45, 7) is 0. The standard InChI is InChI=1S/C13H2Cl5F6N/c14-6-4(7(15)9(17)10(18)8(6)16)11-5(13(22,23)24)3(1-2-25-11)12(19,20)21/h1-2H. The van der Waals surface area contributed by atoms with Crippen molar-refractivity contribution in [2.45, 2.75) is 12.4 Å². The Labute approximate surface area is 161 Å². The van der Waals surface area contributed by atoms with Gasteiger partial charge in [0.2, 0.25) is 0 Å². The zero-order valence-corrected chi connectivity index (χ0v) is 15.0. The molecule has 1 nitrogen and oxygen atoms in total. The molecule has 0 bridgehead atoms. The summed E-state index contributed by atoms with van der Waals surface area (Å²) in [5.74, 6) is 0. The van der Waals surface area contributed by atoms with Crippen molar-refractivity contribution >= 4 is 58.0 Å². The summed E-state index contributed by atoms with van der Waals surface area (Å²) in [7, 11) is 0. The van der Waals surface area contributed by atoms with Crippen molar-refractivity contribution in [2.24, 2.45) is 0 Å². The second kappa shape index (κ2) is 6.85. The molecule has 136 valence electrons. The molecule has 0 fully saturated rings. The lowest BCUT2D eigenvalue weighted by Crippen LogP contribution is -2.18. The van der Waals surface area contributed by atoms with Crippen molar-refractivity contribution in [2.75, 3.05) is 0 Å². The Morgan fingerprint density at radius 2 is 1.12 bits per heavy atom. The van der Waals surface area contributed by atoms with Gasteiger partial charge in [-0.3, -0.25) is 4.98 Å². The average molecular weight is 463 g/mol. The second-order valence-corrected chi connectivity index (χ2v) is 6.41. The summed E-state index contributed by atoms with van der Waals surface area (Å²) in [6, 6.07) is 0.188. The molecule has 1 aromatic carbocycles. The van der Waals surface area contributed by atoms with Crippen LogP contribution in [0.25, 0.3) is 11.3 Å². The van der Waals surface area contributed by atoms with E-state index in [9.17, 15) is 26.3 Å². The minimum atomic E-state index is -5.42. The molecule has 2 aromatic rings. The van der Waals surface area contributed by atoms with E-state index in [0.717, 1.165) is 0 Å². The molecular formula is C13H2Cl5F6N. The van der Waals surface area contributed by atoms with Crippen molar-refractivity contribution in [1.29, 1.82) is 0 Å². The highest BCUT2D eigenvalue weighted by Gasteiger charge is 2.46. The number of nitrogens with zero attached hydrogens (tertiary/aromatic N) is 1. The Balaban J connectivity index is 3.01. The van der Waals surface area contributed by atoms with E-state index < -0.39 is 54.8 Å². The van der Waals surface area contributed by atoms with Crippen LogP contribution in [0.15, 0.2) is 12.3 Å². The molecule has 1 heterocycles. The molecule has 0 aliphatic carbocycles. The molecule has 0 spiro atoms. The summed E-state index contributed by atoms with van der Waals surface area (Å²) in [6.07, 6.45) is -10.2. The Morgan fingerprint density at radius 3 is 1.52 bits per heavy atom. The number of rotatable bonds is 1. The Kier molecular flexibility index (Phi) is 5.67. The number of halogens is 11. The van der Waals surface area contributed by atoms with Crippen LogP contribution in [-0.2, 0) is 12.4 Å². The lowest BCUT2D eigenvalue weighted by atomic mass is 10.00. The largest absolute Gasteiger partial charge is 0.419 e. The molecule has 1 aromatic heterocycles. The number of aromatic nitrogens is 1.